The zero-order valence-corrected chi connectivity index (χ0v) is 17.1. The molecule has 0 spiro atoms. The van der Waals surface area contributed by atoms with Crippen molar-refractivity contribution in [2.75, 3.05) is 6.61 Å². The maximum atomic E-state index is 6.30. The quantitative estimate of drug-likeness (QED) is 0.720. The molecule has 0 radical (unpaired) electrons. The molecule has 0 heterocycles. The highest BCUT2D eigenvalue weighted by atomic mass is 32.1. The molecular weight excluding hydrogens is 326 g/mol. The van der Waals surface area contributed by atoms with Crippen molar-refractivity contribution in [1.82, 2.24) is 0 Å². The molecule has 4 atom stereocenters. The van der Waals surface area contributed by atoms with Gasteiger partial charge in [0.2, 0.25) is 0 Å². The van der Waals surface area contributed by atoms with Crippen LogP contribution in [0, 0.1) is 17.3 Å². The summed E-state index contributed by atoms with van der Waals surface area (Å²) < 4.78 is 6.30. The lowest BCUT2D eigenvalue weighted by Crippen LogP contribution is -2.52. The first kappa shape index (κ1) is 20.4. The van der Waals surface area contributed by atoms with E-state index < -0.39 is 0 Å². The van der Waals surface area contributed by atoms with Crippen molar-refractivity contribution >= 4 is 17.7 Å². The second kappa shape index (κ2) is 8.64. The Labute approximate surface area is 159 Å². The van der Waals surface area contributed by atoms with E-state index in [0.717, 1.165) is 24.4 Å². The van der Waals surface area contributed by atoms with Crippen LogP contribution >= 0.6 is 12.2 Å². The van der Waals surface area contributed by atoms with Crippen LogP contribution in [0.1, 0.15) is 65.4 Å². The van der Waals surface area contributed by atoms with Gasteiger partial charge in [0.15, 0.2) is 0 Å². The van der Waals surface area contributed by atoms with Crippen molar-refractivity contribution in [3.8, 4) is 0 Å². The van der Waals surface area contributed by atoms with E-state index in [9.17, 15) is 0 Å². The van der Waals surface area contributed by atoms with Crippen molar-refractivity contribution in [3.05, 3.63) is 35.9 Å². The molecule has 3 heteroatoms. The molecule has 2 N–H and O–H groups in total. The molecular formula is C22H35NOS. The molecule has 2 fully saturated rings. The Balaban J connectivity index is 0.000000701. The van der Waals surface area contributed by atoms with Crippen LogP contribution < -0.4 is 5.73 Å². The Morgan fingerprint density at radius 1 is 1.20 bits per heavy atom. The largest absolute Gasteiger partial charge is 0.396 e. The summed E-state index contributed by atoms with van der Waals surface area (Å²) in [5.41, 5.74) is 7.98. The predicted octanol–water partition coefficient (Wildman–Crippen LogP) is 5.49. The first-order valence-corrected chi connectivity index (χ1v) is 10.2. The van der Waals surface area contributed by atoms with Gasteiger partial charge in [-0.05, 0) is 60.3 Å². The van der Waals surface area contributed by atoms with E-state index in [1.807, 2.05) is 0 Å². The summed E-state index contributed by atoms with van der Waals surface area (Å²) in [6, 6.07) is 11.3. The van der Waals surface area contributed by atoms with Crippen LogP contribution in [0.25, 0.3) is 0 Å². The fraction of sp³-hybridized carbons (Fsp3) is 0.682. The van der Waals surface area contributed by atoms with Crippen LogP contribution in [0.5, 0.6) is 0 Å². The van der Waals surface area contributed by atoms with Crippen molar-refractivity contribution in [3.63, 3.8) is 0 Å². The molecule has 0 aliphatic heterocycles. The average Bonchev–Trinajstić information content (AvgIpc) is 2.54. The summed E-state index contributed by atoms with van der Waals surface area (Å²) in [5.74, 6) is 1.39. The van der Waals surface area contributed by atoms with E-state index in [0.29, 0.717) is 22.9 Å². The summed E-state index contributed by atoms with van der Waals surface area (Å²) in [4.78, 5) is 0. The Bertz CT molecular complexity index is 540. The molecule has 140 valence electrons. The van der Waals surface area contributed by atoms with Crippen molar-refractivity contribution in [2.24, 2.45) is 23.0 Å². The Morgan fingerprint density at radius 3 is 2.44 bits per heavy atom. The normalized spacial score (nSPS) is 33.0. The molecule has 2 nitrogen and oxygen atoms in total. The van der Waals surface area contributed by atoms with Gasteiger partial charge in [-0.25, -0.2) is 0 Å². The molecule has 0 saturated heterocycles. The van der Waals surface area contributed by atoms with E-state index in [1.165, 1.54) is 25.7 Å². The van der Waals surface area contributed by atoms with E-state index in [1.54, 1.807) is 5.56 Å². The first-order chi connectivity index (χ1) is 11.9. The van der Waals surface area contributed by atoms with Crippen LogP contribution in [-0.4, -0.2) is 18.2 Å². The molecule has 0 aromatic heterocycles. The number of nitrogens with two attached hydrogens (primary N) is 1. The molecule has 25 heavy (non-hydrogen) atoms. The number of hydrogen-bond acceptors (Lipinski definition) is 2. The fourth-order valence-corrected chi connectivity index (χ4v) is 5.61. The number of thiocarbonyl (C=S) groups is 1. The Hall–Kier alpha value is -0.930. The first-order valence-electron chi connectivity index (χ1n) is 9.70. The predicted molar refractivity (Wildman–Crippen MR) is 111 cm³/mol. The number of benzene rings is 1. The molecule has 2 aliphatic rings. The molecule has 2 bridgehead atoms. The third kappa shape index (κ3) is 4.83. The van der Waals surface area contributed by atoms with Gasteiger partial charge in [-0.1, -0.05) is 70.2 Å². The van der Waals surface area contributed by atoms with E-state index in [4.69, 9.17) is 4.74 Å². The zero-order valence-electron chi connectivity index (χ0n) is 16.3. The molecule has 2 saturated carbocycles. The maximum absolute atomic E-state index is 6.30. The van der Waals surface area contributed by atoms with Crippen LogP contribution in [0.15, 0.2) is 30.3 Å². The van der Waals surface area contributed by atoms with Gasteiger partial charge in [-0.15, -0.1) is 0 Å². The molecule has 4 unspecified atom stereocenters. The smallest absolute Gasteiger partial charge is 0.0629 e. The Morgan fingerprint density at radius 2 is 1.84 bits per heavy atom. The van der Waals surface area contributed by atoms with E-state index >= 15 is 0 Å². The second-order valence-electron chi connectivity index (χ2n) is 8.81. The Kier molecular flexibility index (Phi) is 7.04. The topological polar surface area (TPSA) is 35.2 Å². The van der Waals surface area contributed by atoms with E-state index in [2.05, 4.69) is 76.0 Å². The van der Waals surface area contributed by atoms with E-state index in [-0.39, 0.29) is 0 Å². The van der Waals surface area contributed by atoms with Gasteiger partial charge in [0.1, 0.15) is 0 Å². The third-order valence-electron chi connectivity index (χ3n) is 5.92. The summed E-state index contributed by atoms with van der Waals surface area (Å²) in [5, 5.41) is 0. The third-order valence-corrected chi connectivity index (χ3v) is 5.92. The molecule has 0 amide bonds. The zero-order chi connectivity index (χ0) is 18.5. The van der Waals surface area contributed by atoms with Crippen LogP contribution in [0.2, 0.25) is 0 Å². The molecule has 1 aromatic carbocycles. The molecule has 2 aliphatic carbocycles. The lowest BCUT2D eigenvalue weighted by atomic mass is 9.50. The van der Waals surface area contributed by atoms with Gasteiger partial charge >= 0.3 is 0 Å². The van der Waals surface area contributed by atoms with Crippen LogP contribution in [-0.2, 0) is 10.2 Å². The number of rotatable bonds is 4. The SMILES string of the molecule is CCCOC1C(C)CC2(c3ccccc3)CC1CC(C)(C)C2.NC=S. The fourth-order valence-electron chi connectivity index (χ4n) is 5.61. The summed E-state index contributed by atoms with van der Waals surface area (Å²) in [6.45, 7) is 10.5. The lowest BCUT2D eigenvalue weighted by molar-refractivity contribution is -0.103. The molecule has 1 aromatic rings. The molecule has 3 rings (SSSR count). The van der Waals surface area contributed by atoms with Crippen LogP contribution in [0.4, 0.5) is 0 Å². The highest BCUT2D eigenvalue weighted by Gasteiger charge is 2.52. The number of fused-ring (bicyclic) bond motifs is 2. The van der Waals surface area contributed by atoms with Crippen molar-refractivity contribution in [1.29, 1.82) is 0 Å². The highest BCUT2D eigenvalue weighted by molar-refractivity contribution is 7.78. The second-order valence-corrected chi connectivity index (χ2v) is 9.08. The van der Waals surface area contributed by atoms with Gasteiger partial charge in [0, 0.05) is 6.61 Å². The minimum absolute atomic E-state index is 0.374. The summed E-state index contributed by atoms with van der Waals surface area (Å²) in [6.07, 6.45) is 6.84. The maximum Gasteiger partial charge on any atom is 0.0629 e. The number of hydrogen-bond donors (Lipinski definition) is 1. The minimum atomic E-state index is 0.374. The summed E-state index contributed by atoms with van der Waals surface area (Å²) in [7, 11) is 0. The van der Waals surface area contributed by atoms with Crippen molar-refractivity contribution < 1.29 is 4.74 Å². The van der Waals surface area contributed by atoms with Gasteiger partial charge in [0.25, 0.3) is 0 Å². The number of ether oxygens (including phenoxy) is 1. The van der Waals surface area contributed by atoms with Gasteiger partial charge < -0.3 is 10.5 Å². The van der Waals surface area contributed by atoms with Crippen LogP contribution in [0.3, 0.4) is 0 Å². The van der Waals surface area contributed by atoms with Gasteiger partial charge in [-0.3, -0.25) is 0 Å². The average molecular weight is 362 g/mol. The highest BCUT2D eigenvalue weighted by Crippen LogP contribution is 2.58. The monoisotopic (exact) mass is 361 g/mol. The van der Waals surface area contributed by atoms with Gasteiger partial charge in [0.05, 0.1) is 11.6 Å². The minimum Gasteiger partial charge on any atom is -0.396 e. The van der Waals surface area contributed by atoms with Gasteiger partial charge in [-0.2, -0.15) is 0 Å². The van der Waals surface area contributed by atoms with Crippen molar-refractivity contribution in [2.45, 2.75) is 71.3 Å². The summed E-state index contributed by atoms with van der Waals surface area (Å²) >= 11 is 4.05. The lowest BCUT2D eigenvalue weighted by Gasteiger charge is -2.56. The standard InChI is InChI=1S/C21H32O.CH3NS/c1-5-11-22-19-16(2)12-21(18-9-7-6-8-10-18)14-17(19)13-20(3,4)15-21;2-1-3/h6-10,16-17,19H,5,11-15H2,1-4H3;1H,(H2,2,3).